The van der Waals surface area contributed by atoms with Crippen LogP contribution in [0.1, 0.15) is 44.6 Å². The summed E-state index contributed by atoms with van der Waals surface area (Å²) in [5.74, 6) is 3.13. The van der Waals surface area contributed by atoms with Crippen molar-refractivity contribution in [3.05, 3.63) is 23.8 Å². The average molecular weight is 389 g/mol. The number of guanidine groups is 1. The van der Waals surface area contributed by atoms with E-state index in [1.165, 1.54) is 31.2 Å². The lowest BCUT2D eigenvalue weighted by Crippen LogP contribution is -2.41. The van der Waals surface area contributed by atoms with Crippen molar-refractivity contribution in [2.45, 2.75) is 45.4 Å². The van der Waals surface area contributed by atoms with Gasteiger partial charge in [0.1, 0.15) is 0 Å². The van der Waals surface area contributed by atoms with Crippen LogP contribution in [0.5, 0.6) is 11.5 Å². The van der Waals surface area contributed by atoms with Crippen molar-refractivity contribution in [3.63, 3.8) is 0 Å². The second-order valence-corrected chi connectivity index (χ2v) is 7.33. The molecule has 154 valence electrons. The summed E-state index contributed by atoms with van der Waals surface area (Å²) >= 11 is 0. The van der Waals surface area contributed by atoms with Crippen molar-refractivity contribution in [2.75, 3.05) is 33.0 Å². The van der Waals surface area contributed by atoms with Crippen LogP contribution in [-0.2, 0) is 11.2 Å². The number of rotatable bonds is 9. The second-order valence-electron chi connectivity index (χ2n) is 7.33. The molecule has 7 heteroatoms. The molecule has 0 aromatic heterocycles. The van der Waals surface area contributed by atoms with Gasteiger partial charge < -0.3 is 25.4 Å². The Balaban J connectivity index is 1.35. The van der Waals surface area contributed by atoms with Crippen LogP contribution < -0.4 is 25.4 Å². The summed E-state index contributed by atoms with van der Waals surface area (Å²) in [7, 11) is 0. The summed E-state index contributed by atoms with van der Waals surface area (Å²) in [6.07, 6.45) is 6.44. The Labute approximate surface area is 167 Å². The van der Waals surface area contributed by atoms with Gasteiger partial charge in [-0.2, -0.15) is 0 Å². The fraction of sp³-hybridized carbons (Fsp3) is 0.619. The Morgan fingerprint density at radius 1 is 1.11 bits per heavy atom. The summed E-state index contributed by atoms with van der Waals surface area (Å²) in [5.41, 5.74) is 1.17. The molecule has 0 atom stereocenters. The zero-order valence-corrected chi connectivity index (χ0v) is 16.8. The maximum Gasteiger partial charge on any atom is 0.231 e. The van der Waals surface area contributed by atoms with Gasteiger partial charge >= 0.3 is 0 Å². The molecule has 0 bridgehead atoms. The first-order chi connectivity index (χ1) is 13.7. The van der Waals surface area contributed by atoms with E-state index in [9.17, 15) is 4.79 Å². The third-order valence-electron chi connectivity index (χ3n) is 5.14. The van der Waals surface area contributed by atoms with Crippen molar-refractivity contribution in [1.82, 2.24) is 16.0 Å². The van der Waals surface area contributed by atoms with Crippen LogP contribution in [0.25, 0.3) is 0 Å². The molecule has 1 amide bonds. The van der Waals surface area contributed by atoms with E-state index >= 15 is 0 Å². The van der Waals surface area contributed by atoms with Gasteiger partial charge in [0.2, 0.25) is 12.7 Å². The van der Waals surface area contributed by atoms with Crippen LogP contribution in [0.4, 0.5) is 0 Å². The van der Waals surface area contributed by atoms with Gasteiger partial charge in [-0.05, 0) is 49.8 Å². The maximum absolute atomic E-state index is 12.0. The molecule has 1 aromatic carbocycles. The highest BCUT2D eigenvalue weighted by atomic mass is 16.7. The first-order valence-electron chi connectivity index (χ1n) is 10.4. The standard InChI is InChI=1S/C21H32N4O3/c1-2-22-21(25-12-11-23-20(26)14-16-5-3-4-6-16)24-10-9-17-7-8-18-19(13-17)28-15-27-18/h7-8,13,16H,2-6,9-12,14-15H2,1H3,(H,23,26)(H2,22,24,25). The number of carbonyl (C=O) groups excluding carboxylic acids is 1. The highest BCUT2D eigenvalue weighted by molar-refractivity contribution is 5.80. The molecule has 1 aliphatic heterocycles. The summed E-state index contributed by atoms with van der Waals surface area (Å²) < 4.78 is 10.8. The Kier molecular flexibility index (Phi) is 7.82. The van der Waals surface area contributed by atoms with Crippen LogP contribution in [0.3, 0.4) is 0 Å². The van der Waals surface area contributed by atoms with E-state index in [4.69, 9.17) is 9.47 Å². The molecule has 0 saturated heterocycles. The summed E-state index contributed by atoms with van der Waals surface area (Å²) in [4.78, 5) is 16.6. The van der Waals surface area contributed by atoms with Gasteiger partial charge in [-0.15, -0.1) is 0 Å². The van der Waals surface area contributed by atoms with Crippen LogP contribution in [0, 0.1) is 5.92 Å². The molecule has 3 rings (SSSR count). The van der Waals surface area contributed by atoms with Crippen LogP contribution in [-0.4, -0.2) is 44.8 Å². The van der Waals surface area contributed by atoms with Gasteiger partial charge in [0.25, 0.3) is 0 Å². The number of aliphatic imine (C=N–C) groups is 1. The fourth-order valence-corrected chi connectivity index (χ4v) is 3.67. The Morgan fingerprint density at radius 3 is 2.71 bits per heavy atom. The smallest absolute Gasteiger partial charge is 0.231 e. The van der Waals surface area contributed by atoms with Crippen molar-refractivity contribution in [3.8, 4) is 11.5 Å². The largest absolute Gasteiger partial charge is 0.454 e. The topological polar surface area (TPSA) is 84.0 Å². The van der Waals surface area contributed by atoms with E-state index in [0.29, 0.717) is 38.8 Å². The number of nitrogens with one attached hydrogen (secondary N) is 3. The molecule has 0 radical (unpaired) electrons. The molecule has 1 fully saturated rings. The molecule has 0 unspecified atom stereocenters. The van der Waals surface area contributed by atoms with Gasteiger partial charge in [0.05, 0.1) is 0 Å². The minimum atomic E-state index is 0.165. The molecule has 1 aromatic rings. The SMILES string of the molecule is CCNC(=NCCc1ccc2c(c1)OCO2)NCCNC(=O)CC1CCCC1. The fourth-order valence-electron chi connectivity index (χ4n) is 3.67. The summed E-state index contributed by atoms with van der Waals surface area (Å²) in [6, 6.07) is 6.00. The van der Waals surface area contributed by atoms with Gasteiger partial charge in [-0.3, -0.25) is 9.79 Å². The van der Waals surface area contributed by atoms with E-state index < -0.39 is 0 Å². The number of benzene rings is 1. The van der Waals surface area contributed by atoms with Gasteiger partial charge in [0, 0.05) is 32.6 Å². The zero-order chi connectivity index (χ0) is 19.6. The highest BCUT2D eigenvalue weighted by Gasteiger charge is 2.18. The Bertz CT molecular complexity index is 672. The number of nitrogens with zero attached hydrogens (tertiary/aromatic N) is 1. The van der Waals surface area contributed by atoms with Gasteiger partial charge in [-0.25, -0.2) is 0 Å². The number of hydrogen-bond acceptors (Lipinski definition) is 4. The van der Waals surface area contributed by atoms with Crippen LogP contribution >= 0.6 is 0 Å². The normalized spacial score (nSPS) is 16.2. The first-order valence-corrected chi connectivity index (χ1v) is 10.4. The van der Waals surface area contributed by atoms with E-state index in [-0.39, 0.29) is 5.91 Å². The molecule has 7 nitrogen and oxygen atoms in total. The van der Waals surface area contributed by atoms with Crippen molar-refractivity contribution < 1.29 is 14.3 Å². The summed E-state index contributed by atoms with van der Waals surface area (Å²) in [5, 5.41) is 9.52. The number of ether oxygens (including phenoxy) is 2. The molecule has 3 N–H and O–H groups in total. The Morgan fingerprint density at radius 2 is 1.89 bits per heavy atom. The molecule has 1 heterocycles. The monoisotopic (exact) mass is 388 g/mol. The van der Waals surface area contributed by atoms with E-state index in [2.05, 4.69) is 20.9 Å². The van der Waals surface area contributed by atoms with E-state index in [1.54, 1.807) is 0 Å². The Hall–Kier alpha value is -2.44. The molecule has 28 heavy (non-hydrogen) atoms. The van der Waals surface area contributed by atoms with Crippen LogP contribution in [0.15, 0.2) is 23.2 Å². The molecular weight excluding hydrogens is 356 g/mol. The molecule has 1 aliphatic carbocycles. The lowest BCUT2D eigenvalue weighted by Gasteiger charge is -2.13. The zero-order valence-electron chi connectivity index (χ0n) is 16.8. The first kappa shape index (κ1) is 20.3. The van der Waals surface area contributed by atoms with E-state index in [1.807, 2.05) is 25.1 Å². The lowest BCUT2D eigenvalue weighted by molar-refractivity contribution is -0.121. The minimum Gasteiger partial charge on any atom is -0.454 e. The number of hydrogen-bond donors (Lipinski definition) is 3. The third-order valence-corrected chi connectivity index (χ3v) is 5.14. The van der Waals surface area contributed by atoms with Crippen molar-refractivity contribution in [2.24, 2.45) is 10.9 Å². The number of fused-ring (bicyclic) bond motifs is 1. The van der Waals surface area contributed by atoms with Gasteiger partial charge in [0.15, 0.2) is 17.5 Å². The van der Waals surface area contributed by atoms with Crippen molar-refractivity contribution in [1.29, 1.82) is 0 Å². The van der Waals surface area contributed by atoms with Gasteiger partial charge in [-0.1, -0.05) is 18.9 Å². The third kappa shape index (κ3) is 6.32. The average Bonchev–Trinajstić information content (AvgIpc) is 3.36. The lowest BCUT2D eigenvalue weighted by atomic mass is 10.0. The molecule has 0 spiro atoms. The van der Waals surface area contributed by atoms with Crippen LogP contribution in [0.2, 0.25) is 0 Å². The summed E-state index contributed by atoms with van der Waals surface area (Å²) in [6.45, 7) is 5.07. The molecule has 1 saturated carbocycles. The molecule has 2 aliphatic rings. The predicted molar refractivity (Wildman–Crippen MR) is 110 cm³/mol. The second kappa shape index (κ2) is 10.8. The number of amides is 1. The minimum absolute atomic E-state index is 0.165. The van der Waals surface area contributed by atoms with E-state index in [0.717, 1.165) is 30.4 Å². The quantitative estimate of drug-likeness (QED) is 0.343. The maximum atomic E-state index is 12.0. The van der Waals surface area contributed by atoms with Crippen molar-refractivity contribution >= 4 is 11.9 Å². The molecular formula is C21H32N4O3. The number of carbonyl (C=O) groups is 1. The highest BCUT2D eigenvalue weighted by Crippen LogP contribution is 2.32. The predicted octanol–water partition coefficient (Wildman–Crippen LogP) is 2.21.